The Morgan fingerprint density at radius 2 is 1.82 bits per heavy atom. The lowest BCUT2D eigenvalue weighted by atomic mass is 9.88. The zero-order valence-corrected chi connectivity index (χ0v) is 11.9. The van der Waals surface area contributed by atoms with Crippen LogP contribution in [-0.4, -0.2) is 40.4 Å². The van der Waals surface area contributed by atoms with Gasteiger partial charge in [0.15, 0.2) is 0 Å². The van der Waals surface area contributed by atoms with Crippen molar-refractivity contribution in [1.82, 2.24) is 15.5 Å². The standard InChI is InChI=1S/C14H16N4O4/c19-12-14(5-7-15-8-6-14)16-13(20)17(12)9-10-1-3-11(4-2-10)18(21)22/h1-4,15H,5-9H2,(H,16,20). The molecule has 0 aromatic heterocycles. The van der Waals surface area contributed by atoms with Crippen molar-refractivity contribution >= 4 is 17.6 Å². The number of carbonyl (C=O) groups excluding carboxylic acids is 2. The number of nitrogens with one attached hydrogen (secondary N) is 2. The highest BCUT2D eigenvalue weighted by Crippen LogP contribution is 2.28. The van der Waals surface area contributed by atoms with Gasteiger partial charge in [-0.3, -0.25) is 19.8 Å². The molecule has 2 aliphatic rings. The van der Waals surface area contributed by atoms with Crippen molar-refractivity contribution in [3.05, 3.63) is 39.9 Å². The molecule has 0 atom stereocenters. The minimum atomic E-state index is -0.789. The smallest absolute Gasteiger partial charge is 0.323 e. The highest BCUT2D eigenvalue weighted by Gasteiger charge is 2.51. The van der Waals surface area contributed by atoms with Crippen molar-refractivity contribution in [2.75, 3.05) is 13.1 Å². The molecule has 1 aromatic carbocycles. The molecule has 8 nitrogen and oxygen atoms in total. The van der Waals surface area contributed by atoms with Gasteiger partial charge in [-0.1, -0.05) is 12.1 Å². The molecule has 0 aliphatic carbocycles. The molecule has 2 saturated heterocycles. The van der Waals surface area contributed by atoms with E-state index in [9.17, 15) is 19.7 Å². The minimum Gasteiger partial charge on any atom is -0.323 e. The molecular formula is C14H16N4O4. The molecule has 8 heteroatoms. The maximum atomic E-state index is 12.6. The highest BCUT2D eigenvalue weighted by atomic mass is 16.6. The van der Waals surface area contributed by atoms with Gasteiger partial charge in [0, 0.05) is 12.1 Å². The second-order valence-electron chi connectivity index (χ2n) is 5.58. The fraction of sp³-hybridized carbons (Fsp3) is 0.429. The molecule has 2 fully saturated rings. The van der Waals surface area contributed by atoms with Gasteiger partial charge in [-0.25, -0.2) is 4.79 Å². The number of non-ortho nitro benzene ring substituents is 1. The monoisotopic (exact) mass is 304 g/mol. The third kappa shape index (κ3) is 2.41. The van der Waals surface area contributed by atoms with E-state index in [1.807, 2.05) is 0 Å². The summed E-state index contributed by atoms with van der Waals surface area (Å²) in [6.45, 7) is 1.51. The van der Waals surface area contributed by atoms with Gasteiger partial charge in [-0.05, 0) is 31.5 Å². The molecular weight excluding hydrogens is 288 g/mol. The lowest BCUT2D eigenvalue weighted by Crippen LogP contribution is -2.53. The molecule has 116 valence electrons. The van der Waals surface area contributed by atoms with E-state index in [0.29, 0.717) is 31.5 Å². The molecule has 3 rings (SSSR count). The third-order valence-electron chi connectivity index (χ3n) is 4.19. The normalized spacial score (nSPS) is 20.3. The molecule has 0 radical (unpaired) electrons. The number of carbonyl (C=O) groups is 2. The average Bonchev–Trinajstić information content (AvgIpc) is 2.73. The molecule has 3 amide bonds. The van der Waals surface area contributed by atoms with Crippen LogP contribution < -0.4 is 10.6 Å². The Balaban J connectivity index is 1.76. The number of rotatable bonds is 3. The summed E-state index contributed by atoms with van der Waals surface area (Å²) in [5, 5.41) is 16.6. The second kappa shape index (κ2) is 5.38. The first-order chi connectivity index (χ1) is 10.5. The number of nitrogens with zero attached hydrogens (tertiary/aromatic N) is 2. The molecule has 1 aromatic rings. The van der Waals surface area contributed by atoms with Crippen LogP contribution in [0.25, 0.3) is 0 Å². The van der Waals surface area contributed by atoms with Crippen LogP contribution in [0, 0.1) is 10.1 Å². The van der Waals surface area contributed by atoms with Crippen LogP contribution in [0.15, 0.2) is 24.3 Å². The van der Waals surface area contributed by atoms with Gasteiger partial charge in [-0.15, -0.1) is 0 Å². The fourth-order valence-corrected chi connectivity index (χ4v) is 2.92. The summed E-state index contributed by atoms with van der Waals surface area (Å²) in [7, 11) is 0. The van der Waals surface area contributed by atoms with Gasteiger partial charge < -0.3 is 10.6 Å². The summed E-state index contributed by atoms with van der Waals surface area (Å²) in [4.78, 5) is 36.0. The first kappa shape index (κ1) is 14.5. The number of piperidine rings is 1. The summed E-state index contributed by atoms with van der Waals surface area (Å²) >= 11 is 0. The van der Waals surface area contributed by atoms with Crippen LogP contribution in [0.1, 0.15) is 18.4 Å². The molecule has 2 N–H and O–H groups in total. The van der Waals surface area contributed by atoms with Gasteiger partial charge in [0.25, 0.3) is 11.6 Å². The Bertz CT molecular complexity index is 622. The highest BCUT2D eigenvalue weighted by molar-refractivity contribution is 6.07. The largest absolute Gasteiger partial charge is 0.325 e. The number of nitro groups is 1. The average molecular weight is 304 g/mol. The van der Waals surface area contributed by atoms with E-state index >= 15 is 0 Å². The Morgan fingerprint density at radius 1 is 1.18 bits per heavy atom. The van der Waals surface area contributed by atoms with Gasteiger partial charge in [0.05, 0.1) is 11.5 Å². The van der Waals surface area contributed by atoms with Crippen molar-refractivity contribution in [1.29, 1.82) is 0 Å². The molecule has 2 heterocycles. The third-order valence-corrected chi connectivity index (χ3v) is 4.19. The van der Waals surface area contributed by atoms with Crippen molar-refractivity contribution in [2.24, 2.45) is 0 Å². The maximum absolute atomic E-state index is 12.6. The zero-order valence-electron chi connectivity index (χ0n) is 11.9. The van der Waals surface area contributed by atoms with E-state index in [0.717, 1.165) is 0 Å². The first-order valence-corrected chi connectivity index (χ1v) is 7.10. The minimum absolute atomic E-state index is 0.0178. The van der Waals surface area contributed by atoms with E-state index in [2.05, 4.69) is 10.6 Å². The van der Waals surface area contributed by atoms with Crippen LogP contribution in [0.3, 0.4) is 0 Å². The quantitative estimate of drug-likeness (QED) is 0.487. The molecule has 0 saturated carbocycles. The topological polar surface area (TPSA) is 105 Å². The van der Waals surface area contributed by atoms with E-state index in [-0.39, 0.29) is 18.1 Å². The molecule has 0 unspecified atom stereocenters. The Kier molecular flexibility index (Phi) is 3.53. The summed E-state index contributed by atoms with van der Waals surface area (Å²) < 4.78 is 0. The number of amides is 3. The Labute approximate surface area is 126 Å². The summed E-state index contributed by atoms with van der Waals surface area (Å²) in [6, 6.07) is 5.46. The van der Waals surface area contributed by atoms with Gasteiger partial charge >= 0.3 is 6.03 Å². The predicted octanol–water partition coefficient (Wildman–Crippen LogP) is 0.769. The second-order valence-corrected chi connectivity index (χ2v) is 5.58. The van der Waals surface area contributed by atoms with Crippen molar-refractivity contribution in [3.63, 3.8) is 0 Å². The molecule has 0 bridgehead atoms. The van der Waals surface area contributed by atoms with Crippen LogP contribution in [-0.2, 0) is 11.3 Å². The Hall–Kier alpha value is -2.48. The van der Waals surface area contributed by atoms with Gasteiger partial charge in [0.2, 0.25) is 0 Å². The Morgan fingerprint density at radius 3 is 2.41 bits per heavy atom. The number of benzene rings is 1. The number of imide groups is 1. The van der Waals surface area contributed by atoms with Crippen molar-refractivity contribution in [2.45, 2.75) is 24.9 Å². The summed E-state index contributed by atoms with van der Waals surface area (Å²) in [5.41, 5.74) is -0.126. The van der Waals surface area contributed by atoms with Crippen LogP contribution >= 0.6 is 0 Å². The molecule has 2 aliphatic heterocycles. The van der Waals surface area contributed by atoms with E-state index in [1.165, 1.54) is 17.0 Å². The SMILES string of the molecule is O=C1NC2(CCNCC2)C(=O)N1Cc1ccc([N+](=O)[O-])cc1. The maximum Gasteiger partial charge on any atom is 0.325 e. The predicted molar refractivity (Wildman–Crippen MR) is 77.0 cm³/mol. The van der Waals surface area contributed by atoms with Gasteiger partial charge in [0.1, 0.15) is 5.54 Å². The number of urea groups is 1. The molecule has 22 heavy (non-hydrogen) atoms. The summed E-state index contributed by atoms with van der Waals surface area (Å²) in [5.74, 6) is -0.211. The molecule has 1 spiro atoms. The van der Waals surface area contributed by atoms with Crippen molar-refractivity contribution in [3.8, 4) is 0 Å². The fourth-order valence-electron chi connectivity index (χ4n) is 2.92. The van der Waals surface area contributed by atoms with Crippen molar-refractivity contribution < 1.29 is 14.5 Å². The van der Waals surface area contributed by atoms with E-state index in [4.69, 9.17) is 0 Å². The number of nitro benzene ring substituents is 1. The van der Waals surface area contributed by atoms with E-state index < -0.39 is 16.5 Å². The van der Waals surface area contributed by atoms with Crippen LogP contribution in [0.2, 0.25) is 0 Å². The van der Waals surface area contributed by atoms with E-state index in [1.54, 1.807) is 12.1 Å². The zero-order chi connectivity index (χ0) is 15.7. The summed E-state index contributed by atoms with van der Waals surface area (Å²) in [6.07, 6.45) is 1.16. The van der Waals surface area contributed by atoms with Gasteiger partial charge in [-0.2, -0.15) is 0 Å². The lowest BCUT2D eigenvalue weighted by Gasteiger charge is -2.31. The lowest BCUT2D eigenvalue weighted by molar-refractivity contribution is -0.384. The van der Waals surface area contributed by atoms with Crippen LogP contribution in [0.4, 0.5) is 10.5 Å². The number of hydrogen-bond acceptors (Lipinski definition) is 5. The van der Waals surface area contributed by atoms with Crippen LogP contribution in [0.5, 0.6) is 0 Å². The first-order valence-electron chi connectivity index (χ1n) is 7.10. The number of hydrogen-bond donors (Lipinski definition) is 2.